The van der Waals surface area contributed by atoms with Crippen LogP contribution in [0.25, 0.3) is 0 Å². The molecule has 0 fully saturated rings. The van der Waals surface area contributed by atoms with E-state index in [1.807, 2.05) is 45.4 Å². The second-order valence-electron chi connectivity index (χ2n) is 5.43. The average Bonchev–Trinajstić information content (AvgIpc) is 2.44. The number of aryl methyl sites for hydroxylation is 1. The van der Waals surface area contributed by atoms with E-state index in [1.54, 1.807) is 0 Å². The third-order valence-electron chi connectivity index (χ3n) is 2.29. The van der Waals surface area contributed by atoms with Crippen LogP contribution in [-0.4, -0.2) is 21.0 Å². The van der Waals surface area contributed by atoms with Crippen LogP contribution in [0.15, 0.2) is 6.20 Å². The zero-order chi connectivity index (χ0) is 13.2. The number of aromatic nitrogens is 2. The molecule has 96 valence electrons. The van der Waals surface area contributed by atoms with E-state index in [9.17, 15) is 4.79 Å². The Kier molecular flexibility index (Phi) is 3.93. The van der Waals surface area contributed by atoms with Gasteiger partial charge in [-0.1, -0.05) is 0 Å². The molecular weight excluding hydrogens is 216 g/mol. The SMILES string of the molecule is Cc1nc([C@@H](C)N)cn1CC(=O)NC(C)(C)C. The van der Waals surface area contributed by atoms with Crippen LogP contribution in [0.5, 0.6) is 0 Å². The van der Waals surface area contributed by atoms with Crippen LogP contribution in [0, 0.1) is 6.92 Å². The van der Waals surface area contributed by atoms with E-state index in [-0.39, 0.29) is 24.0 Å². The van der Waals surface area contributed by atoms with E-state index in [0.717, 1.165) is 11.5 Å². The summed E-state index contributed by atoms with van der Waals surface area (Å²) in [5.74, 6) is 0.788. The predicted molar refractivity (Wildman–Crippen MR) is 67.5 cm³/mol. The second kappa shape index (κ2) is 4.87. The number of carbonyl (C=O) groups is 1. The van der Waals surface area contributed by atoms with Gasteiger partial charge in [-0.15, -0.1) is 0 Å². The maximum atomic E-state index is 11.8. The minimum atomic E-state index is -0.213. The molecule has 0 radical (unpaired) electrons. The first-order valence-electron chi connectivity index (χ1n) is 5.79. The Balaban J connectivity index is 2.72. The summed E-state index contributed by atoms with van der Waals surface area (Å²) in [6.45, 7) is 9.90. The first kappa shape index (κ1) is 13.7. The van der Waals surface area contributed by atoms with Crippen LogP contribution in [0.2, 0.25) is 0 Å². The van der Waals surface area contributed by atoms with Crippen molar-refractivity contribution in [3.8, 4) is 0 Å². The number of nitrogens with one attached hydrogen (secondary N) is 1. The van der Waals surface area contributed by atoms with Gasteiger partial charge in [0.25, 0.3) is 0 Å². The third-order valence-corrected chi connectivity index (χ3v) is 2.29. The molecule has 5 nitrogen and oxygen atoms in total. The van der Waals surface area contributed by atoms with E-state index in [1.165, 1.54) is 0 Å². The van der Waals surface area contributed by atoms with Crippen LogP contribution in [0.1, 0.15) is 45.3 Å². The minimum Gasteiger partial charge on any atom is -0.350 e. The van der Waals surface area contributed by atoms with Crippen molar-refractivity contribution >= 4 is 5.91 Å². The number of amides is 1. The van der Waals surface area contributed by atoms with Crippen molar-refractivity contribution in [1.29, 1.82) is 0 Å². The first-order valence-corrected chi connectivity index (χ1v) is 5.79. The molecule has 17 heavy (non-hydrogen) atoms. The molecule has 0 aliphatic rings. The topological polar surface area (TPSA) is 72.9 Å². The highest BCUT2D eigenvalue weighted by Gasteiger charge is 2.15. The Morgan fingerprint density at radius 1 is 1.59 bits per heavy atom. The van der Waals surface area contributed by atoms with E-state index < -0.39 is 0 Å². The molecule has 0 aliphatic carbocycles. The van der Waals surface area contributed by atoms with Crippen molar-refractivity contribution in [1.82, 2.24) is 14.9 Å². The van der Waals surface area contributed by atoms with Gasteiger partial charge in [0.1, 0.15) is 12.4 Å². The fourth-order valence-corrected chi connectivity index (χ4v) is 1.52. The highest BCUT2D eigenvalue weighted by Crippen LogP contribution is 2.09. The Hall–Kier alpha value is -1.36. The van der Waals surface area contributed by atoms with Crippen molar-refractivity contribution in [3.05, 3.63) is 17.7 Å². The maximum Gasteiger partial charge on any atom is 0.240 e. The maximum absolute atomic E-state index is 11.8. The van der Waals surface area contributed by atoms with Crippen LogP contribution in [0.3, 0.4) is 0 Å². The summed E-state index contributed by atoms with van der Waals surface area (Å²) in [6, 6.07) is -0.111. The quantitative estimate of drug-likeness (QED) is 0.829. The summed E-state index contributed by atoms with van der Waals surface area (Å²) in [5.41, 5.74) is 6.35. The highest BCUT2D eigenvalue weighted by molar-refractivity contribution is 5.76. The van der Waals surface area contributed by atoms with Crippen LogP contribution < -0.4 is 11.1 Å². The highest BCUT2D eigenvalue weighted by atomic mass is 16.2. The summed E-state index contributed by atoms with van der Waals surface area (Å²) in [4.78, 5) is 16.1. The van der Waals surface area contributed by atoms with Gasteiger partial charge in [-0.25, -0.2) is 4.98 Å². The Labute approximate surface area is 102 Å². The van der Waals surface area contributed by atoms with Crippen LogP contribution in [0.4, 0.5) is 0 Å². The summed E-state index contributed by atoms with van der Waals surface area (Å²) in [6.07, 6.45) is 1.84. The lowest BCUT2D eigenvalue weighted by molar-refractivity contribution is -0.123. The van der Waals surface area contributed by atoms with E-state index >= 15 is 0 Å². The second-order valence-corrected chi connectivity index (χ2v) is 5.43. The number of hydrogen-bond acceptors (Lipinski definition) is 3. The smallest absolute Gasteiger partial charge is 0.240 e. The molecule has 1 aromatic rings. The molecule has 0 unspecified atom stereocenters. The van der Waals surface area contributed by atoms with Gasteiger partial charge in [-0.3, -0.25) is 4.79 Å². The molecule has 5 heteroatoms. The van der Waals surface area contributed by atoms with Gasteiger partial charge >= 0.3 is 0 Å². The molecule has 0 saturated heterocycles. The standard InChI is InChI=1S/C12H22N4O/c1-8(13)10-6-16(9(2)14-10)7-11(17)15-12(3,4)5/h6,8H,7,13H2,1-5H3,(H,15,17)/t8-/m1/s1. The summed E-state index contributed by atoms with van der Waals surface area (Å²) < 4.78 is 1.82. The summed E-state index contributed by atoms with van der Waals surface area (Å²) >= 11 is 0. The van der Waals surface area contributed by atoms with Crippen molar-refractivity contribution in [2.75, 3.05) is 0 Å². The van der Waals surface area contributed by atoms with Gasteiger partial charge in [0.05, 0.1) is 5.69 Å². The molecule has 1 atom stereocenters. The fraction of sp³-hybridized carbons (Fsp3) is 0.667. The zero-order valence-electron chi connectivity index (χ0n) is 11.2. The lowest BCUT2D eigenvalue weighted by atomic mass is 10.1. The molecule has 1 rings (SSSR count). The van der Waals surface area contributed by atoms with Gasteiger partial charge < -0.3 is 15.6 Å². The summed E-state index contributed by atoms with van der Waals surface area (Å²) in [7, 11) is 0. The number of hydrogen-bond donors (Lipinski definition) is 2. The molecule has 1 amide bonds. The largest absolute Gasteiger partial charge is 0.350 e. The molecular formula is C12H22N4O. The Morgan fingerprint density at radius 2 is 2.18 bits per heavy atom. The number of nitrogens with zero attached hydrogens (tertiary/aromatic N) is 2. The Bertz CT molecular complexity index is 401. The van der Waals surface area contributed by atoms with Crippen molar-refractivity contribution < 1.29 is 4.79 Å². The molecule has 1 heterocycles. The number of rotatable bonds is 3. The van der Waals surface area contributed by atoms with Gasteiger partial charge in [0.2, 0.25) is 5.91 Å². The van der Waals surface area contributed by atoms with Crippen molar-refractivity contribution in [2.24, 2.45) is 5.73 Å². The molecule has 0 bridgehead atoms. The van der Waals surface area contributed by atoms with Gasteiger partial charge in [0, 0.05) is 17.8 Å². The van der Waals surface area contributed by atoms with Gasteiger partial charge in [-0.05, 0) is 34.6 Å². The van der Waals surface area contributed by atoms with Crippen molar-refractivity contribution in [2.45, 2.75) is 52.7 Å². The molecule has 1 aromatic heterocycles. The van der Waals surface area contributed by atoms with Gasteiger partial charge in [0.15, 0.2) is 0 Å². The third kappa shape index (κ3) is 4.19. The predicted octanol–water partition coefficient (Wildman–Crippen LogP) is 1.13. The number of imidazole rings is 1. The molecule has 0 saturated carbocycles. The molecule has 0 aromatic carbocycles. The lowest BCUT2D eigenvalue weighted by Gasteiger charge is -2.20. The Morgan fingerprint density at radius 3 is 2.59 bits per heavy atom. The number of nitrogens with two attached hydrogens (primary N) is 1. The van der Waals surface area contributed by atoms with E-state index in [0.29, 0.717) is 0 Å². The first-order chi connectivity index (χ1) is 7.69. The number of carbonyl (C=O) groups excluding carboxylic acids is 1. The normalized spacial score (nSPS) is 13.5. The zero-order valence-corrected chi connectivity index (χ0v) is 11.2. The summed E-state index contributed by atoms with van der Waals surface area (Å²) in [5, 5.41) is 2.91. The minimum absolute atomic E-state index is 0.0192. The monoisotopic (exact) mass is 238 g/mol. The average molecular weight is 238 g/mol. The lowest BCUT2D eigenvalue weighted by Crippen LogP contribution is -2.42. The van der Waals surface area contributed by atoms with Crippen LogP contribution in [-0.2, 0) is 11.3 Å². The van der Waals surface area contributed by atoms with E-state index in [2.05, 4.69) is 10.3 Å². The molecule has 0 spiro atoms. The van der Waals surface area contributed by atoms with E-state index in [4.69, 9.17) is 5.73 Å². The fourth-order valence-electron chi connectivity index (χ4n) is 1.52. The van der Waals surface area contributed by atoms with Crippen LogP contribution >= 0.6 is 0 Å². The molecule has 3 N–H and O–H groups in total. The molecule has 0 aliphatic heterocycles. The van der Waals surface area contributed by atoms with Gasteiger partial charge in [-0.2, -0.15) is 0 Å². The van der Waals surface area contributed by atoms with Crippen molar-refractivity contribution in [3.63, 3.8) is 0 Å².